The van der Waals surface area contributed by atoms with E-state index in [0.29, 0.717) is 49.9 Å². The number of benzene rings is 1. The van der Waals surface area contributed by atoms with Crippen LogP contribution < -0.4 is 5.32 Å². The molecule has 1 aromatic rings. The van der Waals surface area contributed by atoms with Crippen molar-refractivity contribution in [2.24, 2.45) is 5.92 Å². The van der Waals surface area contributed by atoms with Gasteiger partial charge in [-0.1, -0.05) is 38.1 Å². The highest BCUT2D eigenvalue weighted by atomic mass is 16.5. The molecule has 0 spiro atoms. The van der Waals surface area contributed by atoms with Crippen molar-refractivity contribution in [2.75, 3.05) is 46.4 Å². The highest BCUT2D eigenvalue weighted by Gasteiger charge is 2.38. The van der Waals surface area contributed by atoms with E-state index in [1.165, 1.54) is 10.5 Å². The van der Waals surface area contributed by atoms with Crippen molar-refractivity contribution >= 4 is 17.9 Å². The number of carbonyl (C=O) groups excluding carboxylic acids is 3. The van der Waals surface area contributed by atoms with Gasteiger partial charge in [-0.2, -0.15) is 0 Å². The summed E-state index contributed by atoms with van der Waals surface area (Å²) in [5, 5.41) is 2.99. The summed E-state index contributed by atoms with van der Waals surface area (Å²) in [6, 6.07) is 7.22. The van der Waals surface area contributed by atoms with Crippen molar-refractivity contribution < 1.29 is 19.1 Å². The van der Waals surface area contributed by atoms with Crippen molar-refractivity contribution in [2.45, 2.75) is 45.6 Å². The van der Waals surface area contributed by atoms with Crippen molar-refractivity contribution in [3.8, 4) is 0 Å². The van der Waals surface area contributed by atoms with E-state index >= 15 is 0 Å². The van der Waals surface area contributed by atoms with Crippen LogP contribution >= 0.6 is 0 Å². The SMILES string of the molecule is CCOC(=O)C1=C(CN2CCN(C(=O)C3CC3)CC2)N(C)C(=O)N[C@H]1c1ccc(C(C)C)cc1. The van der Waals surface area contributed by atoms with Crippen LogP contribution in [0.25, 0.3) is 0 Å². The molecule has 1 atom stereocenters. The number of hydrogen-bond acceptors (Lipinski definition) is 5. The van der Waals surface area contributed by atoms with Gasteiger partial charge in [0, 0.05) is 51.4 Å². The molecular formula is C26H36N4O4. The fourth-order valence-corrected chi connectivity index (χ4v) is 4.65. The number of nitrogens with one attached hydrogen (secondary N) is 1. The maximum absolute atomic E-state index is 13.2. The van der Waals surface area contributed by atoms with Crippen molar-refractivity contribution in [3.63, 3.8) is 0 Å². The molecular weight excluding hydrogens is 432 g/mol. The van der Waals surface area contributed by atoms with Gasteiger partial charge < -0.3 is 15.0 Å². The molecule has 2 fully saturated rings. The molecule has 8 heteroatoms. The Kier molecular flexibility index (Phi) is 7.26. The first-order chi connectivity index (χ1) is 16.3. The van der Waals surface area contributed by atoms with Crippen LogP contribution in [0.1, 0.15) is 56.7 Å². The van der Waals surface area contributed by atoms with Crippen LogP contribution in [0, 0.1) is 5.92 Å². The number of nitrogens with zero attached hydrogens (tertiary/aromatic N) is 3. The lowest BCUT2D eigenvalue weighted by atomic mass is 9.92. The fourth-order valence-electron chi connectivity index (χ4n) is 4.65. The molecule has 2 aliphatic heterocycles. The lowest BCUT2D eigenvalue weighted by Crippen LogP contribution is -2.53. The quantitative estimate of drug-likeness (QED) is 0.623. The summed E-state index contributed by atoms with van der Waals surface area (Å²) in [5.74, 6) is 0.470. The summed E-state index contributed by atoms with van der Waals surface area (Å²) in [5.41, 5.74) is 3.18. The monoisotopic (exact) mass is 468 g/mol. The van der Waals surface area contributed by atoms with Gasteiger partial charge in [0.1, 0.15) is 0 Å². The van der Waals surface area contributed by atoms with E-state index < -0.39 is 12.0 Å². The third kappa shape index (κ3) is 5.12. The normalized spacial score (nSPS) is 21.7. The van der Waals surface area contributed by atoms with Crippen molar-refractivity contribution in [1.82, 2.24) is 20.0 Å². The van der Waals surface area contributed by atoms with Gasteiger partial charge in [0.2, 0.25) is 5.91 Å². The zero-order valence-corrected chi connectivity index (χ0v) is 20.7. The largest absolute Gasteiger partial charge is 0.463 e. The number of carbonyl (C=O) groups is 3. The van der Waals surface area contributed by atoms with Crippen LogP contribution in [0.5, 0.6) is 0 Å². The van der Waals surface area contributed by atoms with E-state index in [1.54, 1.807) is 14.0 Å². The number of hydrogen-bond donors (Lipinski definition) is 1. The highest BCUT2D eigenvalue weighted by molar-refractivity contribution is 5.95. The number of likely N-dealkylation sites (N-methyl/N-ethyl adjacent to an activating group) is 1. The fraction of sp³-hybridized carbons (Fsp3) is 0.577. The second kappa shape index (κ2) is 10.2. The Hall–Kier alpha value is -2.87. The van der Waals surface area contributed by atoms with Crippen molar-refractivity contribution in [3.05, 3.63) is 46.7 Å². The first-order valence-electron chi connectivity index (χ1n) is 12.4. The summed E-state index contributed by atoms with van der Waals surface area (Å²) in [6.07, 6.45) is 2.02. The molecule has 1 aliphatic carbocycles. The maximum atomic E-state index is 13.2. The van der Waals surface area contributed by atoms with E-state index in [0.717, 1.165) is 18.4 Å². The predicted octanol–water partition coefficient (Wildman–Crippen LogP) is 2.88. The molecule has 1 N–H and O–H groups in total. The third-order valence-corrected chi connectivity index (χ3v) is 6.99. The third-order valence-electron chi connectivity index (χ3n) is 6.99. The Morgan fingerprint density at radius 2 is 1.74 bits per heavy atom. The van der Waals surface area contributed by atoms with Crippen LogP contribution in [0.2, 0.25) is 0 Å². The van der Waals surface area contributed by atoms with Gasteiger partial charge in [0.15, 0.2) is 0 Å². The molecule has 8 nitrogen and oxygen atoms in total. The topological polar surface area (TPSA) is 82.2 Å². The number of esters is 1. The number of amides is 3. The Bertz CT molecular complexity index is 960. The second-order valence-electron chi connectivity index (χ2n) is 9.72. The number of rotatable bonds is 7. The van der Waals surface area contributed by atoms with Crippen LogP contribution in [0.15, 0.2) is 35.5 Å². The summed E-state index contributed by atoms with van der Waals surface area (Å²) < 4.78 is 5.43. The molecule has 0 unspecified atom stereocenters. The molecule has 34 heavy (non-hydrogen) atoms. The molecule has 0 bridgehead atoms. The van der Waals surface area contributed by atoms with Crippen LogP contribution in [-0.2, 0) is 14.3 Å². The molecule has 3 amide bonds. The molecule has 0 radical (unpaired) electrons. The molecule has 2 heterocycles. The first-order valence-corrected chi connectivity index (χ1v) is 12.4. The molecule has 1 saturated carbocycles. The molecule has 3 aliphatic rings. The molecule has 0 aromatic heterocycles. The predicted molar refractivity (Wildman–Crippen MR) is 129 cm³/mol. The minimum absolute atomic E-state index is 0.223. The number of ether oxygens (including phenoxy) is 1. The van der Waals surface area contributed by atoms with Gasteiger partial charge in [0.05, 0.1) is 18.2 Å². The Morgan fingerprint density at radius 3 is 2.29 bits per heavy atom. The Morgan fingerprint density at radius 1 is 1.09 bits per heavy atom. The molecule has 1 aromatic carbocycles. The number of piperazine rings is 1. The summed E-state index contributed by atoms with van der Waals surface area (Å²) in [6.45, 7) is 9.52. The van der Waals surface area contributed by atoms with Crippen molar-refractivity contribution in [1.29, 1.82) is 0 Å². The minimum atomic E-state index is -0.573. The second-order valence-corrected chi connectivity index (χ2v) is 9.72. The zero-order valence-electron chi connectivity index (χ0n) is 20.7. The van der Waals surface area contributed by atoms with E-state index in [9.17, 15) is 14.4 Å². The van der Waals surface area contributed by atoms with E-state index in [-0.39, 0.29) is 24.5 Å². The lowest BCUT2D eigenvalue weighted by molar-refractivity contribution is -0.139. The van der Waals surface area contributed by atoms with Gasteiger partial charge in [-0.25, -0.2) is 9.59 Å². The zero-order chi connectivity index (χ0) is 24.4. The minimum Gasteiger partial charge on any atom is -0.463 e. The van der Waals surface area contributed by atoms with E-state index in [1.807, 2.05) is 29.2 Å². The van der Waals surface area contributed by atoms with Gasteiger partial charge in [-0.3, -0.25) is 14.6 Å². The summed E-state index contributed by atoms with van der Waals surface area (Å²) in [7, 11) is 1.69. The molecule has 1 saturated heterocycles. The van der Waals surface area contributed by atoms with E-state index in [2.05, 4.69) is 24.1 Å². The Labute approximate surface area is 201 Å². The smallest absolute Gasteiger partial charge is 0.338 e. The van der Waals surface area contributed by atoms with Gasteiger partial charge in [0.25, 0.3) is 0 Å². The average Bonchev–Trinajstić information content (AvgIpc) is 3.67. The van der Waals surface area contributed by atoms with Gasteiger partial charge in [-0.15, -0.1) is 0 Å². The van der Waals surface area contributed by atoms with Crippen LogP contribution in [-0.4, -0.2) is 79.0 Å². The van der Waals surface area contributed by atoms with Gasteiger partial charge >= 0.3 is 12.0 Å². The van der Waals surface area contributed by atoms with E-state index in [4.69, 9.17) is 4.74 Å². The first kappa shape index (κ1) is 24.3. The average molecular weight is 469 g/mol. The van der Waals surface area contributed by atoms with Gasteiger partial charge in [-0.05, 0) is 36.8 Å². The van der Waals surface area contributed by atoms with Crippen LogP contribution in [0.3, 0.4) is 0 Å². The molecule has 4 rings (SSSR count). The lowest BCUT2D eigenvalue weighted by Gasteiger charge is -2.39. The Balaban J connectivity index is 1.60. The number of urea groups is 1. The maximum Gasteiger partial charge on any atom is 0.338 e. The standard InChI is InChI=1S/C26H36N4O4/c1-5-34-25(32)22-21(16-29-12-14-30(15-13-29)24(31)20-10-11-20)28(4)26(33)27-23(22)19-8-6-18(7-9-19)17(2)3/h6-9,17,20,23H,5,10-16H2,1-4H3,(H,27,33)/t23-/m0/s1. The summed E-state index contributed by atoms with van der Waals surface area (Å²) >= 11 is 0. The highest BCUT2D eigenvalue weighted by Crippen LogP contribution is 2.33. The molecule has 184 valence electrons. The summed E-state index contributed by atoms with van der Waals surface area (Å²) in [4.78, 5) is 44.2. The van der Waals surface area contributed by atoms with Crippen LogP contribution in [0.4, 0.5) is 4.79 Å².